The van der Waals surface area contributed by atoms with Crippen LogP contribution in [-0.4, -0.2) is 35.6 Å². The Morgan fingerprint density at radius 2 is 2.06 bits per heavy atom. The minimum absolute atomic E-state index is 0.00852. The summed E-state index contributed by atoms with van der Waals surface area (Å²) < 4.78 is 16.6. The highest BCUT2D eigenvalue weighted by Crippen LogP contribution is 2.36. The van der Waals surface area contributed by atoms with Crippen LogP contribution in [0.1, 0.15) is 35.5 Å². The van der Waals surface area contributed by atoms with E-state index in [4.69, 9.17) is 19.9 Å². The van der Waals surface area contributed by atoms with Gasteiger partial charge in [-0.05, 0) is 55.3 Å². The van der Waals surface area contributed by atoms with Crippen molar-refractivity contribution < 1.29 is 19.0 Å². The summed E-state index contributed by atoms with van der Waals surface area (Å²) in [5, 5.41) is 14.4. The molecule has 4 aromatic rings. The Balaban J connectivity index is 1.38. The van der Waals surface area contributed by atoms with Gasteiger partial charge in [0.05, 0.1) is 24.9 Å². The van der Waals surface area contributed by atoms with Crippen LogP contribution in [0.2, 0.25) is 0 Å². The fourth-order valence-electron chi connectivity index (χ4n) is 4.29. The number of rotatable bonds is 8. The number of primary amides is 1. The summed E-state index contributed by atoms with van der Waals surface area (Å²) >= 11 is 1.67. The second-order valence-electron chi connectivity index (χ2n) is 8.78. The van der Waals surface area contributed by atoms with Gasteiger partial charge in [-0.3, -0.25) is 0 Å². The van der Waals surface area contributed by atoms with Crippen molar-refractivity contribution in [3.63, 3.8) is 0 Å². The minimum Gasteiger partial charge on any atom is -0.488 e. The van der Waals surface area contributed by atoms with Crippen molar-refractivity contribution in [3.8, 4) is 16.2 Å². The van der Waals surface area contributed by atoms with Crippen molar-refractivity contribution in [1.82, 2.24) is 10.2 Å². The van der Waals surface area contributed by atoms with Crippen LogP contribution in [-0.2, 0) is 16.1 Å². The lowest BCUT2D eigenvalue weighted by atomic mass is 10.1. The van der Waals surface area contributed by atoms with Crippen LogP contribution in [0.4, 0.5) is 10.6 Å². The maximum atomic E-state index is 11.1. The van der Waals surface area contributed by atoms with Gasteiger partial charge in [-0.2, -0.15) is 5.10 Å². The molecule has 36 heavy (non-hydrogen) atoms. The molecule has 0 saturated carbocycles. The number of nitrogens with zero attached hydrogens (tertiary/aromatic N) is 2. The molecular weight excluding hydrogens is 476 g/mol. The number of ether oxygens (including phenoxy) is 3. The number of aromatic nitrogens is 2. The Morgan fingerprint density at radius 1 is 1.19 bits per heavy atom. The van der Waals surface area contributed by atoms with Crippen LogP contribution in [0.3, 0.4) is 0 Å². The molecule has 1 unspecified atom stereocenters. The van der Waals surface area contributed by atoms with E-state index in [1.165, 1.54) is 0 Å². The average molecular weight is 505 g/mol. The number of hydrogen-bond donors (Lipinski definition) is 2. The Hall–Kier alpha value is -3.69. The first-order valence-electron chi connectivity index (χ1n) is 11.9. The van der Waals surface area contributed by atoms with Crippen LogP contribution in [0, 0.1) is 6.92 Å². The van der Waals surface area contributed by atoms with Crippen molar-refractivity contribution in [2.45, 2.75) is 39.0 Å². The molecule has 0 spiro atoms. The van der Waals surface area contributed by atoms with Crippen LogP contribution in [0.5, 0.6) is 5.75 Å². The summed E-state index contributed by atoms with van der Waals surface area (Å²) in [7, 11) is 0. The zero-order chi connectivity index (χ0) is 25.1. The highest BCUT2D eigenvalue weighted by Gasteiger charge is 2.19. The number of hydrogen-bond acceptors (Lipinski definition) is 8. The Morgan fingerprint density at radius 3 is 2.86 bits per heavy atom. The third kappa shape index (κ3) is 5.27. The predicted octanol–water partition coefficient (Wildman–Crippen LogP) is 5.60. The Labute approximate surface area is 213 Å². The van der Waals surface area contributed by atoms with E-state index in [0.29, 0.717) is 12.4 Å². The predicted molar refractivity (Wildman–Crippen MR) is 140 cm³/mol. The van der Waals surface area contributed by atoms with Crippen LogP contribution < -0.4 is 15.8 Å². The summed E-state index contributed by atoms with van der Waals surface area (Å²) in [5.74, 6) is 1.51. The number of carbonyl (C=O) groups is 1. The summed E-state index contributed by atoms with van der Waals surface area (Å²) in [6, 6.07) is 18.1. The summed E-state index contributed by atoms with van der Waals surface area (Å²) in [6.45, 7) is 5.54. The number of benzene rings is 2. The van der Waals surface area contributed by atoms with Gasteiger partial charge in [0, 0.05) is 26.9 Å². The van der Waals surface area contributed by atoms with Gasteiger partial charge in [-0.1, -0.05) is 24.3 Å². The minimum atomic E-state index is -0.786. The highest BCUT2D eigenvalue weighted by atomic mass is 32.1. The standard InChI is InChI=1S/C27H28N4O4S/c1-16-21-8-7-19(35-20-11-12-33-15-20)13-23(21)26(31-30-16)29-17(2)24-9-10-25(36-24)22-6-4-3-5-18(22)14-34-27(28)32/h3-10,13,17,20H,11-12,14-15H2,1-2H3,(H2,28,32)(H,29,31)/t17?,20-/m0/s1. The second-order valence-corrected chi connectivity index (χ2v) is 9.89. The van der Waals surface area contributed by atoms with Crippen molar-refractivity contribution in [1.29, 1.82) is 0 Å². The first-order valence-corrected chi connectivity index (χ1v) is 12.7. The lowest BCUT2D eigenvalue weighted by Gasteiger charge is -2.17. The fraction of sp³-hybridized carbons (Fsp3) is 0.296. The number of fused-ring (bicyclic) bond motifs is 1. The zero-order valence-corrected chi connectivity index (χ0v) is 21.0. The molecule has 8 nitrogen and oxygen atoms in total. The number of nitrogens with two attached hydrogens (primary N) is 1. The van der Waals surface area contributed by atoms with Gasteiger partial charge < -0.3 is 25.3 Å². The van der Waals surface area contributed by atoms with Crippen molar-refractivity contribution in [2.24, 2.45) is 5.73 Å². The van der Waals surface area contributed by atoms with Gasteiger partial charge in [0.1, 0.15) is 18.5 Å². The number of carbonyl (C=O) groups excluding carboxylic acids is 1. The topological polar surface area (TPSA) is 109 Å². The smallest absolute Gasteiger partial charge is 0.404 e. The molecule has 1 aliphatic rings. The number of amides is 1. The average Bonchev–Trinajstić information content (AvgIpc) is 3.57. The van der Waals surface area contributed by atoms with Crippen molar-refractivity contribution in [3.05, 3.63) is 70.7 Å². The molecule has 186 valence electrons. The van der Waals surface area contributed by atoms with Gasteiger partial charge in [-0.25, -0.2) is 4.79 Å². The lowest BCUT2D eigenvalue weighted by Crippen LogP contribution is -2.15. The number of nitrogens with one attached hydrogen (secondary N) is 1. The van der Waals surface area contributed by atoms with E-state index in [-0.39, 0.29) is 18.8 Å². The fourth-order valence-corrected chi connectivity index (χ4v) is 5.36. The molecule has 0 aliphatic carbocycles. The third-order valence-electron chi connectivity index (χ3n) is 6.19. The first-order chi connectivity index (χ1) is 17.5. The highest BCUT2D eigenvalue weighted by molar-refractivity contribution is 7.15. The Bertz CT molecular complexity index is 1380. The number of anilines is 1. The lowest BCUT2D eigenvalue weighted by molar-refractivity contribution is 0.141. The summed E-state index contributed by atoms with van der Waals surface area (Å²) in [5.41, 5.74) is 7.94. The van der Waals surface area contributed by atoms with Crippen molar-refractivity contribution >= 4 is 34.0 Å². The molecule has 3 N–H and O–H groups in total. The zero-order valence-electron chi connectivity index (χ0n) is 20.2. The third-order valence-corrected chi connectivity index (χ3v) is 7.49. The molecule has 0 bridgehead atoms. The van der Waals surface area contributed by atoms with Crippen LogP contribution >= 0.6 is 11.3 Å². The van der Waals surface area contributed by atoms with Crippen LogP contribution in [0.15, 0.2) is 54.6 Å². The maximum absolute atomic E-state index is 11.1. The molecule has 0 radical (unpaired) electrons. The molecule has 2 aromatic carbocycles. The quantitative estimate of drug-likeness (QED) is 0.321. The number of aryl methyl sites for hydroxylation is 1. The maximum Gasteiger partial charge on any atom is 0.404 e. The summed E-state index contributed by atoms with van der Waals surface area (Å²) in [4.78, 5) is 13.3. The van der Waals surface area contributed by atoms with E-state index in [0.717, 1.165) is 56.1 Å². The van der Waals surface area contributed by atoms with E-state index in [2.05, 4.69) is 34.6 Å². The monoisotopic (exact) mass is 504 g/mol. The molecule has 1 amide bonds. The van der Waals surface area contributed by atoms with E-state index in [1.807, 2.05) is 49.4 Å². The van der Waals surface area contributed by atoms with E-state index in [1.54, 1.807) is 11.3 Å². The molecule has 2 atom stereocenters. The van der Waals surface area contributed by atoms with E-state index in [9.17, 15) is 4.79 Å². The first kappa shape index (κ1) is 24.0. The molecule has 1 saturated heterocycles. The summed E-state index contributed by atoms with van der Waals surface area (Å²) in [6.07, 6.45) is 0.187. The van der Waals surface area contributed by atoms with Gasteiger partial charge in [0.15, 0.2) is 5.82 Å². The number of thiophene rings is 1. The van der Waals surface area contributed by atoms with Crippen LogP contribution in [0.25, 0.3) is 21.2 Å². The SMILES string of the molecule is Cc1nnc(NC(C)c2ccc(-c3ccccc3COC(N)=O)s2)c2cc(O[C@H]3CCOC3)ccc12. The molecule has 9 heteroatoms. The molecule has 5 rings (SSSR count). The molecular formula is C27H28N4O4S. The molecule has 1 aliphatic heterocycles. The molecule has 2 aromatic heterocycles. The largest absolute Gasteiger partial charge is 0.488 e. The van der Waals surface area contributed by atoms with E-state index >= 15 is 0 Å². The molecule has 1 fully saturated rings. The normalized spacial score (nSPS) is 16.1. The Kier molecular flexibility index (Phi) is 7.02. The second kappa shape index (κ2) is 10.5. The molecule has 3 heterocycles. The van der Waals surface area contributed by atoms with Gasteiger partial charge in [0.2, 0.25) is 0 Å². The van der Waals surface area contributed by atoms with Gasteiger partial charge in [0.25, 0.3) is 0 Å². The van der Waals surface area contributed by atoms with Gasteiger partial charge >= 0.3 is 6.09 Å². The van der Waals surface area contributed by atoms with Gasteiger partial charge in [-0.15, -0.1) is 16.4 Å². The van der Waals surface area contributed by atoms with E-state index < -0.39 is 6.09 Å². The van der Waals surface area contributed by atoms with Crippen molar-refractivity contribution in [2.75, 3.05) is 18.5 Å².